The number of ether oxygens (including phenoxy) is 1. The number of esters is 1. The van der Waals surface area contributed by atoms with Gasteiger partial charge in [0, 0.05) is 5.39 Å². The predicted molar refractivity (Wildman–Crippen MR) is 63.1 cm³/mol. The van der Waals surface area contributed by atoms with Crippen molar-refractivity contribution in [3.8, 4) is 0 Å². The van der Waals surface area contributed by atoms with Gasteiger partial charge in [-0.3, -0.25) is 0 Å². The van der Waals surface area contributed by atoms with Gasteiger partial charge in [0.15, 0.2) is 0 Å². The van der Waals surface area contributed by atoms with E-state index in [0.29, 0.717) is 21.5 Å². The number of hydrogen-bond acceptors (Lipinski definition) is 3. The lowest BCUT2D eigenvalue weighted by Gasteiger charge is -2.06. The molecule has 0 saturated heterocycles. The molecule has 16 heavy (non-hydrogen) atoms. The number of nitrogens with zero attached hydrogens (tertiary/aromatic N) is 1. The van der Waals surface area contributed by atoms with E-state index >= 15 is 0 Å². The lowest BCUT2D eigenvalue weighted by atomic mass is 10.1. The van der Waals surface area contributed by atoms with Crippen LogP contribution in [0.5, 0.6) is 0 Å². The summed E-state index contributed by atoms with van der Waals surface area (Å²) in [4.78, 5) is 15.7. The van der Waals surface area contributed by atoms with Crippen LogP contribution in [0.25, 0.3) is 10.9 Å². The first-order valence-corrected chi connectivity index (χ1v) is 5.22. The molecule has 1 aromatic carbocycles. The molecule has 0 aliphatic carbocycles. The highest BCUT2D eigenvalue weighted by Gasteiger charge is 2.14. The third kappa shape index (κ3) is 1.84. The van der Waals surface area contributed by atoms with Crippen molar-refractivity contribution < 1.29 is 9.53 Å². The molecule has 1 aromatic heterocycles. The summed E-state index contributed by atoms with van der Waals surface area (Å²) < 4.78 is 4.67. The van der Waals surface area contributed by atoms with E-state index in [4.69, 9.17) is 23.2 Å². The van der Waals surface area contributed by atoms with Crippen LogP contribution in [0.3, 0.4) is 0 Å². The Balaban J connectivity index is 2.85. The summed E-state index contributed by atoms with van der Waals surface area (Å²) >= 11 is 11.8. The second-order valence-electron chi connectivity index (χ2n) is 3.12. The molecule has 0 aliphatic rings. The van der Waals surface area contributed by atoms with Crippen LogP contribution in [0.2, 0.25) is 10.2 Å². The summed E-state index contributed by atoms with van der Waals surface area (Å²) in [5.41, 5.74) is 0.892. The maximum Gasteiger partial charge on any atom is 0.338 e. The van der Waals surface area contributed by atoms with Crippen molar-refractivity contribution in [2.75, 3.05) is 7.11 Å². The van der Waals surface area contributed by atoms with Crippen molar-refractivity contribution in [2.24, 2.45) is 0 Å². The van der Waals surface area contributed by atoms with Crippen molar-refractivity contribution in [3.63, 3.8) is 0 Å². The molecule has 0 bridgehead atoms. The number of halogens is 2. The Labute approximate surface area is 102 Å². The van der Waals surface area contributed by atoms with Gasteiger partial charge in [-0.2, -0.15) is 0 Å². The third-order valence-electron chi connectivity index (χ3n) is 2.16. The Bertz CT molecular complexity index is 569. The number of carbonyl (C=O) groups is 1. The molecule has 1 heterocycles. The van der Waals surface area contributed by atoms with Crippen LogP contribution < -0.4 is 0 Å². The number of methoxy groups -OCH3 is 1. The Hall–Kier alpha value is -1.32. The first-order chi connectivity index (χ1) is 7.63. The van der Waals surface area contributed by atoms with E-state index in [1.54, 1.807) is 18.2 Å². The minimum absolute atomic E-state index is 0.232. The van der Waals surface area contributed by atoms with Gasteiger partial charge < -0.3 is 4.74 Å². The molecule has 0 atom stereocenters. The van der Waals surface area contributed by atoms with Gasteiger partial charge in [-0.25, -0.2) is 9.78 Å². The number of hydrogen-bond donors (Lipinski definition) is 0. The van der Waals surface area contributed by atoms with Gasteiger partial charge in [0.1, 0.15) is 5.15 Å². The second kappa shape index (κ2) is 4.28. The van der Waals surface area contributed by atoms with Crippen LogP contribution in [0.4, 0.5) is 0 Å². The Kier molecular flexibility index (Phi) is 2.99. The molecule has 0 unspecified atom stereocenters. The van der Waals surface area contributed by atoms with Crippen LogP contribution in [0.15, 0.2) is 24.3 Å². The number of rotatable bonds is 1. The fraction of sp³-hybridized carbons (Fsp3) is 0.0909. The zero-order chi connectivity index (χ0) is 11.7. The van der Waals surface area contributed by atoms with Gasteiger partial charge in [0.25, 0.3) is 0 Å². The molecule has 0 saturated carbocycles. The summed E-state index contributed by atoms with van der Waals surface area (Å²) in [5, 5.41) is 1.23. The number of fused-ring (bicyclic) bond motifs is 1. The average molecular weight is 256 g/mol. The number of benzene rings is 1. The molecule has 2 aromatic rings. The van der Waals surface area contributed by atoms with E-state index in [9.17, 15) is 4.79 Å². The SMILES string of the molecule is COC(=O)c1cc(Cl)nc2cccc(Cl)c12. The molecule has 0 spiro atoms. The number of aromatic nitrogens is 1. The van der Waals surface area contributed by atoms with Crippen molar-refractivity contribution in [1.82, 2.24) is 4.98 Å². The van der Waals surface area contributed by atoms with Gasteiger partial charge in [-0.15, -0.1) is 0 Å². The number of carbonyl (C=O) groups excluding carboxylic acids is 1. The molecule has 5 heteroatoms. The van der Waals surface area contributed by atoms with Crippen LogP contribution >= 0.6 is 23.2 Å². The molecule has 0 radical (unpaired) electrons. The Morgan fingerprint density at radius 1 is 1.38 bits per heavy atom. The number of pyridine rings is 1. The monoisotopic (exact) mass is 255 g/mol. The highest BCUT2D eigenvalue weighted by molar-refractivity contribution is 6.37. The molecule has 0 N–H and O–H groups in total. The Morgan fingerprint density at radius 3 is 2.81 bits per heavy atom. The lowest BCUT2D eigenvalue weighted by molar-refractivity contribution is 0.0603. The van der Waals surface area contributed by atoms with Gasteiger partial charge in [-0.05, 0) is 18.2 Å². The van der Waals surface area contributed by atoms with E-state index in [0.717, 1.165) is 0 Å². The summed E-state index contributed by atoms with van der Waals surface area (Å²) in [6.45, 7) is 0. The molecule has 3 nitrogen and oxygen atoms in total. The van der Waals surface area contributed by atoms with Crippen molar-refractivity contribution >= 4 is 40.1 Å². The minimum Gasteiger partial charge on any atom is -0.465 e. The first-order valence-electron chi connectivity index (χ1n) is 4.46. The highest BCUT2D eigenvalue weighted by atomic mass is 35.5. The fourth-order valence-electron chi connectivity index (χ4n) is 1.48. The van der Waals surface area contributed by atoms with Gasteiger partial charge in [-0.1, -0.05) is 29.3 Å². The molecular formula is C11H7Cl2NO2. The maximum absolute atomic E-state index is 11.6. The van der Waals surface area contributed by atoms with Gasteiger partial charge >= 0.3 is 5.97 Å². The average Bonchev–Trinajstić information content (AvgIpc) is 2.27. The smallest absolute Gasteiger partial charge is 0.338 e. The highest BCUT2D eigenvalue weighted by Crippen LogP contribution is 2.28. The van der Waals surface area contributed by atoms with Crippen molar-refractivity contribution in [3.05, 3.63) is 40.0 Å². The van der Waals surface area contributed by atoms with Crippen molar-refractivity contribution in [2.45, 2.75) is 0 Å². The van der Waals surface area contributed by atoms with Crippen LogP contribution in [-0.4, -0.2) is 18.1 Å². The third-order valence-corrected chi connectivity index (χ3v) is 2.67. The topological polar surface area (TPSA) is 39.2 Å². The van der Waals surface area contributed by atoms with Crippen LogP contribution in [0.1, 0.15) is 10.4 Å². The zero-order valence-electron chi connectivity index (χ0n) is 8.33. The van der Waals surface area contributed by atoms with E-state index in [2.05, 4.69) is 9.72 Å². The molecule has 82 valence electrons. The predicted octanol–water partition coefficient (Wildman–Crippen LogP) is 3.33. The standard InChI is InChI=1S/C11H7Cl2NO2/c1-16-11(15)6-5-9(13)14-8-4-2-3-7(12)10(6)8/h2-5H,1H3. The minimum atomic E-state index is -0.484. The fourth-order valence-corrected chi connectivity index (χ4v) is 1.95. The van der Waals surface area contributed by atoms with E-state index < -0.39 is 5.97 Å². The normalized spacial score (nSPS) is 10.4. The molecular weight excluding hydrogens is 249 g/mol. The lowest BCUT2D eigenvalue weighted by Crippen LogP contribution is -2.03. The summed E-state index contributed by atoms with van der Waals surface area (Å²) in [7, 11) is 1.30. The summed E-state index contributed by atoms with van der Waals surface area (Å²) in [6, 6.07) is 6.61. The molecule has 0 aliphatic heterocycles. The van der Waals surface area contributed by atoms with Crippen LogP contribution in [0, 0.1) is 0 Å². The van der Waals surface area contributed by atoms with Crippen molar-refractivity contribution in [1.29, 1.82) is 0 Å². The van der Waals surface area contributed by atoms with E-state index in [-0.39, 0.29) is 5.15 Å². The largest absolute Gasteiger partial charge is 0.465 e. The Morgan fingerprint density at radius 2 is 2.12 bits per heavy atom. The first kappa shape index (κ1) is 11.2. The molecule has 0 fully saturated rings. The van der Waals surface area contributed by atoms with Gasteiger partial charge in [0.05, 0.1) is 23.2 Å². The summed E-state index contributed by atoms with van der Waals surface area (Å²) in [6.07, 6.45) is 0. The molecule has 0 amide bonds. The maximum atomic E-state index is 11.6. The zero-order valence-corrected chi connectivity index (χ0v) is 9.84. The molecule has 2 rings (SSSR count). The van der Waals surface area contributed by atoms with Gasteiger partial charge in [0.2, 0.25) is 0 Å². The second-order valence-corrected chi connectivity index (χ2v) is 3.91. The van der Waals surface area contributed by atoms with E-state index in [1.165, 1.54) is 13.2 Å². The van der Waals surface area contributed by atoms with Crippen LogP contribution in [-0.2, 0) is 4.74 Å². The van der Waals surface area contributed by atoms with E-state index in [1.807, 2.05) is 0 Å². The quantitative estimate of drug-likeness (QED) is 0.580. The summed E-state index contributed by atoms with van der Waals surface area (Å²) in [5.74, 6) is -0.484.